The van der Waals surface area contributed by atoms with Crippen LogP contribution >= 0.6 is 0 Å². The molecule has 0 aliphatic carbocycles. The first kappa shape index (κ1) is 22.8. The highest BCUT2D eigenvalue weighted by Crippen LogP contribution is 2.25. The fourth-order valence-electron chi connectivity index (χ4n) is 3.13. The van der Waals surface area contributed by atoms with Crippen molar-refractivity contribution < 1.29 is 23.4 Å². The van der Waals surface area contributed by atoms with Crippen molar-refractivity contribution in [1.82, 2.24) is 4.57 Å². The fourth-order valence-corrected chi connectivity index (χ4v) is 3.13. The van der Waals surface area contributed by atoms with Gasteiger partial charge in [-0.25, -0.2) is 8.78 Å². The number of ether oxygens (including phenoxy) is 1. The first-order chi connectivity index (χ1) is 15.2. The minimum atomic E-state index is -1.19. The van der Waals surface area contributed by atoms with Gasteiger partial charge < -0.3 is 14.4 Å². The van der Waals surface area contributed by atoms with E-state index < -0.39 is 29.1 Å². The van der Waals surface area contributed by atoms with Crippen LogP contribution < -0.4 is 10.3 Å². The second-order valence-electron chi connectivity index (χ2n) is 7.41. The molecule has 0 amide bonds. The highest BCUT2D eigenvalue weighted by Gasteiger charge is 2.20. The fraction of sp³-hybridized carbons (Fsp3) is 0.208. The SMILES string of the molecule is CC(C)n1cc(C(=O)c2cc(F)ccc2OCC(O)c2cccc(F)c2)cc(C#N)c1=O. The summed E-state index contributed by atoms with van der Waals surface area (Å²) in [7, 11) is 0. The van der Waals surface area contributed by atoms with E-state index in [2.05, 4.69) is 0 Å². The van der Waals surface area contributed by atoms with E-state index in [4.69, 9.17) is 4.74 Å². The highest BCUT2D eigenvalue weighted by atomic mass is 19.1. The Labute approximate surface area is 182 Å². The second-order valence-corrected chi connectivity index (χ2v) is 7.41. The van der Waals surface area contributed by atoms with Gasteiger partial charge in [-0.2, -0.15) is 5.26 Å². The Hall–Kier alpha value is -3.83. The number of aromatic nitrogens is 1. The van der Waals surface area contributed by atoms with E-state index in [1.807, 2.05) is 0 Å². The first-order valence-electron chi connectivity index (χ1n) is 9.78. The van der Waals surface area contributed by atoms with Gasteiger partial charge in [0.1, 0.15) is 41.7 Å². The van der Waals surface area contributed by atoms with Crippen LogP contribution in [0, 0.1) is 23.0 Å². The van der Waals surface area contributed by atoms with Crippen molar-refractivity contribution in [2.75, 3.05) is 6.61 Å². The van der Waals surface area contributed by atoms with E-state index in [1.165, 1.54) is 35.0 Å². The van der Waals surface area contributed by atoms with Crippen LogP contribution in [-0.2, 0) is 0 Å². The standard InChI is InChI=1S/C24H20F2N2O4/c1-14(2)28-12-17(8-16(11-27)24(28)31)23(30)20-10-19(26)6-7-22(20)32-13-21(29)15-4-3-5-18(25)9-15/h3-10,12,14,21,29H,13H2,1-2H3. The summed E-state index contributed by atoms with van der Waals surface area (Å²) < 4.78 is 34.1. The molecule has 0 fully saturated rings. The van der Waals surface area contributed by atoms with E-state index >= 15 is 0 Å². The zero-order valence-corrected chi connectivity index (χ0v) is 17.4. The van der Waals surface area contributed by atoms with Crippen LogP contribution in [0.5, 0.6) is 5.75 Å². The van der Waals surface area contributed by atoms with Gasteiger partial charge in [-0.1, -0.05) is 12.1 Å². The van der Waals surface area contributed by atoms with Crippen LogP contribution in [0.1, 0.15) is 53.0 Å². The molecule has 1 unspecified atom stereocenters. The molecule has 1 aromatic heterocycles. The molecule has 1 atom stereocenters. The number of hydrogen-bond donors (Lipinski definition) is 1. The summed E-state index contributed by atoms with van der Waals surface area (Å²) in [5.74, 6) is -1.88. The molecule has 3 aromatic rings. The lowest BCUT2D eigenvalue weighted by molar-refractivity contribution is 0.0991. The number of rotatable bonds is 7. The van der Waals surface area contributed by atoms with Crippen molar-refractivity contribution in [3.63, 3.8) is 0 Å². The van der Waals surface area contributed by atoms with Gasteiger partial charge in [-0.05, 0) is 55.8 Å². The molecule has 0 aliphatic rings. The largest absolute Gasteiger partial charge is 0.490 e. The molecule has 3 rings (SSSR count). The topological polar surface area (TPSA) is 92.3 Å². The molecule has 32 heavy (non-hydrogen) atoms. The molecule has 0 aliphatic heterocycles. The van der Waals surface area contributed by atoms with Crippen molar-refractivity contribution in [2.24, 2.45) is 0 Å². The Balaban J connectivity index is 1.94. The maximum absolute atomic E-state index is 13.9. The summed E-state index contributed by atoms with van der Waals surface area (Å²) in [5, 5.41) is 19.5. The summed E-state index contributed by atoms with van der Waals surface area (Å²) in [4.78, 5) is 25.4. The molecular weight excluding hydrogens is 418 g/mol. The summed E-state index contributed by atoms with van der Waals surface area (Å²) in [6.45, 7) is 3.13. The smallest absolute Gasteiger partial charge is 0.268 e. The Morgan fingerprint density at radius 2 is 1.88 bits per heavy atom. The number of aliphatic hydroxyl groups excluding tert-OH is 1. The summed E-state index contributed by atoms with van der Waals surface area (Å²) >= 11 is 0. The number of nitriles is 1. The first-order valence-corrected chi connectivity index (χ1v) is 9.78. The number of carbonyl (C=O) groups is 1. The van der Waals surface area contributed by atoms with Crippen LogP contribution in [0.15, 0.2) is 59.5 Å². The molecule has 0 bridgehead atoms. The van der Waals surface area contributed by atoms with Gasteiger partial charge in [-0.3, -0.25) is 9.59 Å². The normalized spacial score (nSPS) is 11.8. The van der Waals surface area contributed by atoms with E-state index in [0.717, 1.165) is 24.3 Å². The number of halogens is 2. The van der Waals surface area contributed by atoms with Crippen molar-refractivity contribution >= 4 is 5.78 Å². The summed E-state index contributed by atoms with van der Waals surface area (Å²) in [5.41, 5.74) is -0.606. The third-order valence-electron chi connectivity index (χ3n) is 4.80. The van der Waals surface area contributed by atoms with E-state index in [9.17, 15) is 28.7 Å². The molecular formula is C24H20F2N2O4. The zero-order chi connectivity index (χ0) is 23.4. The van der Waals surface area contributed by atoms with E-state index in [-0.39, 0.29) is 40.7 Å². The maximum atomic E-state index is 13.9. The number of benzene rings is 2. The Morgan fingerprint density at radius 3 is 2.53 bits per heavy atom. The van der Waals surface area contributed by atoms with Gasteiger partial charge in [-0.15, -0.1) is 0 Å². The number of hydrogen-bond acceptors (Lipinski definition) is 5. The Bertz CT molecular complexity index is 1260. The van der Waals surface area contributed by atoms with Crippen LogP contribution in [0.25, 0.3) is 0 Å². The lowest BCUT2D eigenvalue weighted by atomic mass is 10.0. The molecule has 6 nitrogen and oxygen atoms in total. The molecule has 1 heterocycles. The van der Waals surface area contributed by atoms with Crippen LogP contribution in [0.3, 0.4) is 0 Å². The Morgan fingerprint density at radius 1 is 1.16 bits per heavy atom. The molecule has 0 spiro atoms. The van der Waals surface area contributed by atoms with Crippen molar-refractivity contribution in [2.45, 2.75) is 26.0 Å². The van der Waals surface area contributed by atoms with Crippen molar-refractivity contribution in [1.29, 1.82) is 5.26 Å². The number of aliphatic hydroxyl groups is 1. The number of nitrogens with zero attached hydrogens (tertiary/aromatic N) is 2. The van der Waals surface area contributed by atoms with E-state index in [1.54, 1.807) is 19.9 Å². The zero-order valence-electron chi connectivity index (χ0n) is 17.4. The summed E-state index contributed by atoms with van der Waals surface area (Å²) in [6, 6.07) is 11.3. The quantitative estimate of drug-likeness (QED) is 0.565. The van der Waals surface area contributed by atoms with Crippen molar-refractivity contribution in [3.05, 3.63) is 99.0 Å². The lowest BCUT2D eigenvalue weighted by Crippen LogP contribution is -2.25. The van der Waals surface area contributed by atoms with Crippen LogP contribution in [0.4, 0.5) is 8.78 Å². The monoisotopic (exact) mass is 438 g/mol. The van der Waals surface area contributed by atoms with Gasteiger partial charge in [0.15, 0.2) is 5.78 Å². The third-order valence-corrected chi connectivity index (χ3v) is 4.80. The van der Waals surface area contributed by atoms with Gasteiger partial charge in [0.05, 0.1) is 5.56 Å². The van der Waals surface area contributed by atoms with Gasteiger partial charge in [0.25, 0.3) is 5.56 Å². The summed E-state index contributed by atoms with van der Waals surface area (Å²) in [6.07, 6.45) is 0.124. The predicted octanol–water partition coefficient (Wildman–Crippen LogP) is 3.92. The molecule has 1 N–H and O–H groups in total. The average Bonchev–Trinajstić information content (AvgIpc) is 2.77. The lowest BCUT2D eigenvalue weighted by Gasteiger charge is -2.16. The Kier molecular flexibility index (Phi) is 6.81. The highest BCUT2D eigenvalue weighted by molar-refractivity contribution is 6.10. The molecule has 164 valence electrons. The van der Waals surface area contributed by atoms with Crippen molar-refractivity contribution in [3.8, 4) is 11.8 Å². The minimum Gasteiger partial charge on any atom is -0.490 e. The molecule has 8 heteroatoms. The van der Waals surface area contributed by atoms with Gasteiger partial charge >= 0.3 is 0 Å². The molecule has 2 aromatic carbocycles. The van der Waals surface area contributed by atoms with E-state index in [0.29, 0.717) is 0 Å². The molecule has 0 saturated heterocycles. The predicted molar refractivity (Wildman–Crippen MR) is 112 cm³/mol. The number of ketones is 1. The van der Waals surface area contributed by atoms with Crippen LogP contribution in [0.2, 0.25) is 0 Å². The number of pyridine rings is 1. The maximum Gasteiger partial charge on any atom is 0.268 e. The molecule has 0 saturated carbocycles. The third kappa shape index (κ3) is 4.90. The number of carbonyl (C=O) groups excluding carboxylic acids is 1. The van der Waals surface area contributed by atoms with Crippen LogP contribution in [-0.4, -0.2) is 22.1 Å². The average molecular weight is 438 g/mol. The molecule has 0 radical (unpaired) electrons. The van der Waals surface area contributed by atoms with Gasteiger partial charge in [0, 0.05) is 17.8 Å². The second kappa shape index (κ2) is 9.54. The van der Waals surface area contributed by atoms with Gasteiger partial charge in [0.2, 0.25) is 0 Å². The minimum absolute atomic E-state index is 0.00680.